The molecule has 1 aliphatic rings. The smallest absolute Gasteiger partial charge is 0.153 e. The number of nitrogens with zero attached hydrogens (tertiary/aromatic N) is 4. The second kappa shape index (κ2) is 10.1. The van der Waals surface area contributed by atoms with Crippen LogP contribution < -0.4 is 5.32 Å². The van der Waals surface area contributed by atoms with E-state index in [4.69, 9.17) is 4.74 Å². The normalized spacial score (nSPS) is 21.4. The van der Waals surface area contributed by atoms with E-state index in [9.17, 15) is 12.8 Å². The number of rotatable bonds is 9. The van der Waals surface area contributed by atoms with Gasteiger partial charge in [-0.25, -0.2) is 17.8 Å². The molecule has 10 heteroatoms. The van der Waals surface area contributed by atoms with Crippen molar-refractivity contribution < 1.29 is 17.5 Å². The van der Waals surface area contributed by atoms with Gasteiger partial charge in [-0.15, -0.1) is 0 Å². The Balaban J connectivity index is 1.51. The topological polar surface area (TPSA) is 90.5 Å². The van der Waals surface area contributed by atoms with Crippen LogP contribution >= 0.6 is 0 Å². The largest absolute Gasteiger partial charge is 0.377 e. The van der Waals surface area contributed by atoms with Gasteiger partial charge in [0.2, 0.25) is 0 Å². The van der Waals surface area contributed by atoms with Crippen molar-refractivity contribution in [2.75, 3.05) is 19.9 Å². The number of hydrogen-bond acceptors (Lipinski definition) is 6. The van der Waals surface area contributed by atoms with Crippen molar-refractivity contribution in [2.24, 2.45) is 7.05 Å². The predicted molar refractivity (Wildman–Crippen MR) is 129 cm³/mol. The van der Waals surface area contributed by atoms with E-state index >= 15 is 0 Å². The summed E-state index contributed by atoms with van der Waals surface area (Å²) in [5.41, 5.74) is 5.46. The van der Waals surface area contributed by atoms with E-state index in [2.05, 4.69) is 32.1 Å². The lowest BCUT2D eigenvalue weighted by atomic mass is 9.81. The molecule has 3 aromatic rings. The Labute approximate surface area is 200 Å². The van der Waals surface area contributed by atoms with Gasteiger partial charge in [-0.1, -0.05) is 6.07 Å². The van der Waals surface area contributed by atoms with E-state index < -0.39 is 16.0 Å². The zero-order chi connectivity index (χ0) is 24.5. The molecule has 0 bridgehead atoms. The maximum absolute atomic E-state index is 14.4. The van der Waals surface area contributed by atoms with Crippen LogP contribution in [-0.2, 0) is 40.3 Å². The van der Waals surface area contributed by atoms with Crippen LogP contribution in [0.3, 0.4) is 0 Å². The minimum absolute atomic E-state index is 0.0896. The summed E-state index contributed by atoms with van der Waals surface area (Å²) in [5.74, 6) is -0.00519. The molecule has 0 amide bonds. The van der Waals surface area contributed by atoms with Gasteiger partial charge in [-0.2, -0.15) is 5.10 Å². The van der Waals surface area contributed by atoms with Gasteiger partial charge in [0.05, 0.1) is 36.0 Å². The molecule has 0 aromatic carbocycles. The first-order valence-corrected chi connectivity index (χ1v) is 13.8. The Morgan fingerprint density at radius 3 is 2.82 bits per heavy atom. The Morgan fingerprint density at radius 1 is 1.29 bits per heavy atom. The molecule has 0 spiro atoms. The number of ether oxygens (including phenoxy) is 1. The molecule has 0 radical (unpaired) electrons. The minimum atomic E-state index is -3.20. The van der Waals surface area contributed by atoms with Crippen molar-refractivity contribution in [3.05, 3.63) is 52.7 Å². The highest BCUT2D eigenvalue weighted by Crippen LogP contribution is 2.37. The Bertz CT molecular complexity index is 1250. The predicted octanol–water partition coefficient (Wildman–Crippen LogP) is 2.87. The van der Waals surface area contributed by atoms with Crippen LogP contribution in [0.2, 0.25) is 0 Å². The summed E-state index contributed by atoms with van der Waals surface area (Å²) in [6.07, 6.45) is 6.21. The van der Waals surface area contributed by atoms with Gasteiger partial charge in [0.15, 0.2) is 9.84 Å². The second-order valence-corrected chi connectivity index (χ2v) is 11.5. The molecule has 4 rings (SSSR count). The van der Waals surface area contributed by atoms with Crippen LogP contribution in [0.5, 0.6) is 0 Å². The highest BCUT2D eigenvalue weighted by Gasteiger charge is 2.33. The number of nitrogens with one attached hydrogen (secondary N) is 1. The highest BCUT2D eigenvalue weighted by molar-refractivity contribution is 7.89. The summed E-state index contributed by atoms with van der Waals surface area (Å²) in [4.78, 5) is 4.46. The van der Waals surface area contributed by atoms with Gasteiger partial charge in [-0.05, 0) is 50.4 Å². The maximum Gasteiger partial charge on any atom is 0.153 e. The van der Waals surface area contributed by atoms with Crippen molar-refractivity contribution in [2.45, 2.75) is 63.1 Å². The zero-order valence-electron chi connectivity index (χ0n) is 20.3. The monoisotopic (exact) mass is 491 g/mol. The molecule has 186 valence electrons. The molecule has 0 saturated heterocycles. The summed E-state index contributed by atoms with van der Waals surface area (Å²) < 4.78 is 48.1. The molecular weight excluding hydrogens is 457 g/mol. The quantitative estimate of drug-likeness (QED) is 0.495. The fourth-order valence-electron chi connectivity index (χ4n) is 4.95. The van der Waals surface area contributed by atoms with Gasteiger partial charge in [-0.3, -0.25) is 4.68 Å². The third-order valence-electron chi connectivity index (χ3n) is 6.74. The van der Waals surface area contributed by atoms with Crippen LogP contribution in [0.4, 0.5) is 4.39 Å². The standard InChI is InChI=1S/C24H34FN5O3S/c1-16-20(22(28-29(16)3)15-34(4,31)32)9-10-33-23-11-18(25)6-7-21(23)17-5-8-24-27-13-19(12-26-2)30(24)14-17/h5,8,13-14,18,21,23,26H,6-7,9-12,15H2,1-4H3/t18?,21?,23-/m0/s1. The first-order valence-electron chi connectivity index (χ1n) is 11.7. The first-order chi connectivity index (χ1) is 16.2. The van der Waals surface area contributed by atoms with E-state index in [0.29, 0.717) is 38.1 Å². The summed E-state index contributed by atoms with van der Waals surface area (Å²) in [5, 5.41) is 7.56. The Hall–Kier alpha value is -2.30. The fourth-order valence-corrected chi connectivity index (χ4v) is 5.68. The average Bonchev–Trinajstić information content (AvgIpc) is 3.28. The molecule has 0 aliphatic heterocycles. The molecule has 3 atom stereocenters. The van der Waals surface area contributed by atoms with Gasteiger partial charge >= 0.3 is 0 Å². The molecule has 1 N–H and O–H groups in total. The lowest BCUT2D eigenvalue weighted by Crippen LogP contribution is -2.32. The molecule has 1 saturated carbocycles. The van der Waals surface area contributed by atoms with Crippen molar-refractivity contribution in [3.8, 4) is 0 Å². The highest BCUT2D eigenvalue weighted by atomic mass is 32.2. The molecule has 3 aromatic heterocycles. The molecule has 8 nitrogen and oxygen atoms in total. The van der Waals surface area contributed by atoms with E-state index in [1.54, 1.807) is 4.68 Å². The maximum atomic E-state index is 14.4. The van der Waals surface area contributed by atoms with Gasteiger partial charge in [0.1, 0.15) is 11.8 Å². The van der Waals surface area contributed by atoms with E-state index in [1.165, 1.54) is 6.26 Å². The number of aromatic nitrogens is 4. The van der Waals surface area contributed by atoms with E-state index in [1.807, 2.05) is 33.3 Å². The molecular formula is C24H34FN5O3S. The van der Waals surface area contributed by atoms with Crippen LogP contribution in [0.1, 0.15) is 53.4 Å². The van der Waals surface area contributed by atoms with Crippen molar-refractivity contribution >= 4 is 15.5 Å². The number of sulfone groups is 1. The molecule has 1 fully saturated rings. The van der Waals surface area contributed by atoms with Gasteiger partial charge < -0.3 is 14.5 Å². The van der Waals surface area contributed by atoms with Gasteiger partial charge in [0.25, 0.3) is 0 Å². The third-order valence-corrected chi connectivity index (χ3v) is 7.54. The number of pyridine rings is 1. The number of alkyl halides is 1. The number of halogens is 1. The van der Waals surface area contributed by atoms with Crippen LogP contribution in [0, 0.1) is 6.92 Å². The van der Waals surface area contributed by atoms with Crippen LogP contribution in [0.15, 0.2) is 24.5 Å². The van der Waals surface area contributed by atoms with Crippen molar-refractivity contribution in [1.29, 1.82) is 0 Å². The van der Waals surface area contributed by atoms with Crippen LogP contribution in [-0.4, -0.2) is 59.8 Å². The third kappa shape index (κ3) is 5.50. The number of imidazole rings is 1. The summed E-state index contributed by atoms with van der Waals surface area (Å²) in [7, 11) is 0.514. The van der Waals surface area contributed by atoms with Crippen molar-refractivity contribution in [1.82, 2.24) is 24.5 Å². The Morgan fingerprint density at radius 2 is 2.09 bits per heavy atom. The Kier molecular flexibility index (Phi) is 7.39. The molecule has 3 heterocycles. The molecule has 34 heavy (non-hydrogen) atoms. The minimum Gasteiger partial charge on any atom is -0.377 e. The average molecular weight is 492 g/mol. The fraction of sp³-hybridized carbons (Fsp3) is 0.583. The number of fused-ring (bicyclic) bond motifs is 1. The van der Waals surface area contributed by atoms with E-state index in [0.717, 1.165) is 34.6 Å². The van der Waals surface area contributed by atoms with Crippen LogP contribution in [0.25, 0.3) is 5.65 Å². The second-order valence-electron chi connectivity index (χ2n) is 9.35. The number of hydrogen-bond donors (Lipinski definition) is 1. The number of aryl methyl sites for hydroxylation is 1. The van der Waals surface area contributed by atoms with Crippen molar-refractivity contribution in [3.63, 3.8) is 0 Å². The summed E-state index contributed by atoms with van der Waals surface area (Å²) in [6, 6.07) is 4.07. The molecule has 2 unspecified atom stereocenters. The summed E-state index contributed by atoms with van der Waals surface area (Å²) >= 11 is 0. The first kappa shape index (κ1) is 24.8. The molecule has 1 aliphatic carbocycles. The van der Waals surface area contributed by atoms with E-state index in [-0.39, 0.29) is 17.8 Å². The summed E-state index contributed by atoms with van der Waals surface area (Å²) in [6.45, 7) is 3.02. The lowest BCUT2D eigenvalue weighted by Gasteiger charge is -2.33. The lowest BCUT2D eigenvalue weighted by molar-refractivity contribution is -0.00739. The zero-order valence-corrected chi connectivity index (χ0v) is 21.1. The van der Waals surface area contributed by atoms with Gasteiger partial charge in [0, 0.05) is 44.1 Å². The SMILES string of the molecule is CNCc1cnc2ccc(C3CCC(F)C[C@@H]3OCCc3c(CS(C)(=O)=O)nn(C)c3C)cn12.